The summed E-state index contributed by atoms with van der Waals surface area (Å²) in [5.41, 5.74) is 0.129. The SMILES string of the molecule is CC(OC(=O)CNS(=O)(=O)/C=C/c1ccccc1)C(=O)NC(=O)NC(C)(C)C. The molecule has 1 atom stereocenters. The zero-order valence-corrected chi connectivity index (χ0v) is 17.0. The number of amides is 3. The molecule has 0 aliphatic heterocycles. The Hall–Kier alpha value is -2.72. The van der Waals surface area contributed by atoms with Crippen LogP contribution in [0.2, 0.25) is 0 Å². The van der Waals surface area contributed by atoms with E-state index in [9.17, 15) is 22.8 Å². The molecular formula is C18H25N3O6S. The average molecular weight is 411 g/mol. The smallest absolute Gasteiger partial charge is 0.321 e. The van der Waals surface area contributed by atoms with Gasteiger partial charge in [-0.3, -0.25) is 14.9 Å². The van der Waals surface area contributed by atoms with Crippen LogP contribution in [0.1, 0.15) is 33.3 Å². The van der Waals surface area contributed by atoms with Gasteiger partial charge in [0.25, 0.3) is 5.91 Å². The summed E-state index contributed by atoms with van der Waals surface area (Å²) in [7, 11) is -3.87. The van der Waals surface area contributed by atoms with Gasteiger partial charge in [-0.05, 0) is 39.3 Å². The van der Waals surface area contributed by atoms with Gasteiger partial charge in [0, 0.05) is 10.9 Å². The highest BCUT2D eigenvalue weighted by molar-refractivity contribution is 7.92. The second kappa shape index (κ2) is 10.00. The quantitative estimate of drug-likeness (QED) is 0.577. The fourth-order valence-electron chi connectivity index (χ4n) is 1.82. The molecule has 9 nitrogen and oxygen atoms in total. The summed E-state index contributed by atoms with van der Waals surface area (Å²) in [5, 5.41) is 5.48. The molecule has 0 radical (unpaired) electrons. The molecule has 0 heterocycles. The van der Waals surface area contributed by atoms with Crippen molar-refractivity contribution in [2.24, 2.45) is 0 Å². The molecule has 28 heavy (non-hydrogen) atoms. The lowest BCUT2D eigenvalue weighted by molar-refractivity contribution is -0.153. The largest absolute Gasteiger partial charge is 0.452 e. The number of esters is 1. The lowest BCUT2D eigenvalue weighted by Gasteiger charge is -2.21. The minimum atomic E-state index is -3.87. The third-order valence-corrected chi connectivity index (χ3v) is 4.10. The number of carbonyl (C=O) groups excluding carboxylic acids is 3. The molecule has 3 amide bonds. The second-order valence-corrected chi connectivity index (χ2v) is 8.56. The Morgan fingerprint density at radius 3 is 2.32 bits per heavy atom. The molecule has 0 bridgehead atoms. The summed E-state index contributed by atoms with van der Waals surface area (Å²) in [6.45, 7) is 5.81. The van der Waals surface area contributed by atoms with Crippen LogP contribution in [0, 0.1) is 0 Å². The second-order valence-electron chi connectivity index (χ2n) is 6.91. The maximum absolute atomic E-state index is 11.9. The average Bonchev–Trinajstić information content (AvgIpc) is 2.57. The Labute approximate surface area is 164 Å². The Morgan fingerprint density at radius 2 is 1.75 bits per heavy atom. The molecule has 1 rings (SSSR count). The lowest BCUT2D eigenvalue weighted by atomic mass is 10.1. The number of hydrogen-bond acceptors (Lipinski definition) is 6. The highest BCUT2D eigenvalue weighted by Crippen LogP contribution is 2.03. The van der Waals surface area contributed by atoms with Crippen molar-refractivity contribution in [3.8, 4) is 0 Å². The number of benzene rings is 1. The van der Waals surface area contributed by atoms with Crippen LogP contribution in [0.15, 0.2) is 35.7 Å². The topological polar surface area (TPSA) is 131 Å². The van der Waals surface area contributed by atoms with Crippen molar-refractivity contribution in [3.05, 3.63) is 41.3 Å². The van der Waals surface area contributed by atoms with Crippen LogP contribution in [-0.4, -0.2) is 44.5 Å². The van der Waals surface area contributed by atoms with Gasteiger partial charge in [0.15, 0.2) is 6.10 Å². The van der Waals surface area contributed by atoms with Gasteiger partial charge < -0.3 is 10.1 Å². The van der Waals surface area contributed by atoms with E-state index in [4.69, 9.17) is 4.74 Å². The molecule has 0 fully saturated rings. The fraction of sp³-hybridized carbons (Fsp3) is 0.389. The van der Waals surface area contributed by atoms with Crippen LogP contribution in [0.4, 0.5) is 4.79 Å². The van der Waals surface area contributed by atoms with Crippen molar-refractivity contribution in [2.45, 2.75) is 39.3 Å². The zero-order valence-electron chi connectivity index (χ0n) is 16.2. The number of carbonyl (C=O) groups is 3. The van der Waals surface area contributed by atoms with E-state index < -0.39 is 46.1 Å². The van der Waals surface area contributed by atoms with Crippen LogP contribution in [0.25, 0.3) is 6.08 Å². The summed E-state index contributed by atoms with van der Waals surface area (Å²) in [5.74, 6) is -1.79. The van der Waals surface area contributed by atoms with Gasteiger partial charge >= 0.3 is 12.0 Å². The molecule has 1 aromatic rings. The maximum Gasteiger partial charge on any atom is 0.321 e. The van der Waals surface area contributed by atoms with Gasteiger partial charge in [-0.1, -0.05) is 30.3 Å². The van der Waals surface area contributed by atoms with Crippen LogP contribution >= 0.6 is 0 Å². The highest BCUT2D eigenvalue weighted by Gasteiger charge is 2.22. The van der Waals surface area contributed by atoms with Gasteiger partial charge in [0.2, 0.25) is 10.0 Å². The zero-order chi connectivity index (χ0) is 21.4. The van der Waals surface area contributed by atoms with Crippen LogP contribution in [0.3, 0.4) is 0 Å². The van der Waals surface area contributed by atoms with Gasteiger partial charge in [-0.2, -0.15) is 0 Å². The van der Waals surface area contributed by atoms with E-state index in [1.165, 1.54) is 13.0 Å². The highest BCUT2D eigenvalue weighted by atomic mass is 32.2. The minimum absolute atomic E-state index is 0.546. The number of sulfonamides is 1. The number of urea groups is 1. The minimum Gasteiger partial charge on any atom is -0.452 e. The van der Waals surface area contributed by atoms with Crippen molar-refractivity contribution in [2.75, 3.05) is 6.54 Å². The molecule has 1 aromatic carbocycles. The Bertz CT molecular complexity index is 829. The molecule has 1 unspecified atom stereocenters. The van der Waals surface area contributed by atoms with Gasteiger partial charge in [-0.25, -0.2) is 17.9 Å². The number of rotatable bonds is 7. The number of hydrogen-bond donors (Lipinski definition) is 3. The third-order valence-electron chi connectivity index (χ3n) is 3.06. The van der Waals surface area contributed by atoms with Crippen LogP contribution in [0.5, 0.6) is 0 Å². The summed E-state index contributed by atoms with van der Waals surface area (Å²) in [6, 6.07) is 8.01. The Balaban J connectivity index is 2.47. The molecular weight excluding hydrogens is 386 g/mol. The first-order valence-electron chi connectivity index (χ1n) is 8.43. The molecule has 154 valence electrons. The van der Waals surface area contributed by atoms with E-state index in [1.807, 2.05) is 10.0 Å². The van der Waals surface area contributed by atoms with Gasteiger partial charge in [-0.15, -0.1) is 0 Å². The van der Waals surface area contributed by atoms with Crippen molar-refractivity contribution in [1.82, 2.24) is 15.4 Å². The number of nitrogens with one attached hydrogen (secondary N) is 3. The molecule has 0 spiro atoms. The fourth-order valence-corrected chi connectivity index (χ4v) is 2.57. The number of imide groups is 1. The van der Waals surface area contributed by atoms with Gasteiger partial charge in [0.1, 0.15) is 6.54 Å². The van der Waals surface area contributed by atoms with Crippen molar-refractivity contribution < 1.29 is 27.5 Å². The van der Waals surface area contributed by atoms with Crippen LogP contribution < -0.4 is 15.4 Å². The van der Waals surface area contributed by atoms with E-state index in [-0.39, 0.29) is 0 Å². The van der Waals surface area contributed by atoms with Gasteiger partial charge in [0.05, 0.1) is 0 Å². The summed E-state index contributed by atoms with van der Waals surface area (Å²) < 4.78 is 30.6. The molecule has 3 N–H and O–H groups in total. The van der Waals surface area contributed by atoms with E-state index >= 15 is 0 Å². The van der Waals surface area contributed by atoms with Crippen molar-refractivity contribution >= 4 is 34.0 Å². The van der Waals surface area contributed by atoms with Crippen molar-refractivity contribution in [3.63, 3.8) is 0 Å². The molecule has 10 heteroatoms. The first-order chi connectivity index (χ1) is 12.9. The molecule has 0 aliphatic carbocycles. The lowest BCUT2D eigenvalue weighted by Crippen LogP contribution is -2.50. The molecule has 0 aliphatic rings. The summed E-state index contributed by atoms with van der Waals surface area (Å²) >= 11 is 0. The first kappa shape index (κ1) is 23.3. The monoisotopic (exact) mass is 411 g/mol. The molecule has 0 aromatic heterocycles. The summed E-state index contributed by atoms with van der Waals surface area (Å²) in [4.78, 5) is 35.2. The molecule has 0 saturated carbocycles. The molecule has 0 saturated heterocycles. The van der Waals surface area contributed by atoms with E-state index in [2.05, 4.69) is 5.32 Å². The number of ether oxygens (including phenoxy) is 1. The predicted molar refractivity (Wildman–Crippen MR) is 104 cm³/mol. The third kappa shape index (κ3) is 9.83. The van der Waals surface area contributed by atoms with E-state index in [1.54, 1.807) is 51.1 Å². The first-order valence-corrected chi connectivity index (χ1v) is 9.98. The standard InChI is InChI=1S/C18H25N3O6S/c1-13(16(23)20-17(24)21-18(2,3)4)27-15(22)12-19-28(25,26)11-10-14-8-6-5-7-9-14/h5-11,13,19H,12H2,1-4H3,(H2,20,21,23,24)/b11-10+. The van der Waals surface area contributed by atoms with Crippen molar-refractivity contribution in [1.29, 1.82) is 0 Å². The van der Waals surface area contributed by atoms with E-state index in [0.29, 0.717) is 5.56 Å². The Kier molecular flexibility index (Phi) is 8.33. The normalized spacial score (nSPS) is 13.0. The summed E-state index contributed by atoms with van der Waals surface area (Å²) in [6.07, 6.45) is 0.0972. The maximum atomic E-state index is 11.9. The Morgan fingerprint density at radius 1 is 1.14 bits per heavy atom. The predicted octanol–water partition coefficient (Wildman–Crippen LogP) is 1.13. The van der Waals surface area contributed by atoms with E-state index in [0.717, 1.165) is 5.41 Å². The van der Waals surface area contributed by atoms with Crippen LogP contribution in [-0.2, 0) is 24.3 Å².